The van der Waals surface area contributed by atoms with Crippen LogP contribution in [0.1, 0.15) is 36.8 Å². The molecule has 0 nitrogen and oxygen atoms in total. The Hall–Kier alpha value is -0.570. The van der Waals surface area contributed by atoms with E-state index in [9.17, 15) is 0 Å². The highest BCUT2D eigenvalue weighted by Gasteiger charge is 2.28. The molecule has 144 valence electrons. The average Bonchev–Trinajstić information content (AvgIpc) is 3.36. The minimum absolute atomic E-state index is 0.155. The minimum atomic E-state index is 0.155. The molecule has 4 rings (SSSR count). The van der Waals surface area contributed by atoms with Gasteiger partial charge in [0.25, 0.3) is 0 Å². The monoisotopic (exact) mass is 404 g/mol. The molecule has 0 unspecified atom stereocenters. The molecule has 2 aliphatic heterocycles. The summed E-state index contributed by atoms with van der Waals surface area (Å²) in [4.78, 5) is 0. The molecule has 28 heavy (non-hydrogen) atoms. The third-order valence-corrected chi connectivity index (χ3v) is 12.2. The molecule has 0 N–H and O–H groups in total. The lowest BCUT2D eigenvalue weighted by Crippen LogP contribution is -2.10. The Morgan fingerprint density at radius 3 is 1.50 bits per heavy atom. The Balaban J connectivity index is 1.18. The number of hydrogen-bond acceptors (Lipinski definition) is 0. The molecule has 0 bridgehead atoms. The van der Waals surface area contributed by atoms with E-state index in [-0.39, 0.29) is 15.6 Å². The van der Waals surface area contributed by atoms with Crippen LogP contribution < -0.4 is 0 Å². The van der Waals surface area contributed by atoms with Crippen LogP contribution in [0.25, 0.3) is 0 Å². The molecule has 4 heteroatoms. The molecule has 0 spiro atoms. The summed E-state index contributed by atoms with van der Waals surface area (Å²) in [6.07, 6.45) is 14.0. The second kappa shape index (κ2) is 11.0. The maximum absolute atomic E-state index is 2.75. The molecule has 0 aliphatic carbocycles. The van der Waals surface area contributed by atoms with Gasteiger partial charge in [-0.15, -0.1) is 15.6 Å². The second-order valence-electron chi connectivity index (χ2n) is 8.39. The summed E-state index contributed by atoms with van der Waals surface area (Å²) in [5.74, 6) is 0. The largest absolute Gasteiger partial charge is 0.146 e. The van der Waals surface area contributed by atoms with Crippen molar-refractivity contribution >= 4 is 29.6 Å². The molecule has 2 fully saturated rings. The second-order valence-corrected chi connectivity index (χ2v) is 13.5. The minimum Gasteiger partial charge on any atom is -0.145 e. The Morgan fingerprint density at radius 2 is 1.07 bits per heavy atom. The summed E-state index contributed by atoms with van der Waals surface area (Å²) in [5.41, 5.74) is 4.97. The molecule has 2 aromatic carbocycles. The van der Waals surface area contributed by atoms with Gasteiger partial charge in [-0.25, -0.2) is 0 Å². The van der Waals surface area contributed by atoms with E-state index in [1.165, 1.54) is 63.5 Å². The maximum Gasteiger partial charge on any atom is 0.146 e. The fourth-order valence-corrected chi connectivity index (χ4v) is 10.6. The van der Waals surface area contributed by atoms with Gasteiger partial charge in [0.1, 0.15) is 14.0 Å². The molecular formula is C24H32B2P2. The predicted octanol–water partition coefficient (Wildman–Crippen LogP) is 6.84. The van der Waals surface area contributed by atoms with E-state index >= 15 is 0 Å². The van der Waals surface area contributed by atoms with Gasteiger partial charge in [0, 0.05) is 0 Å². The number of rotatable bonds is 9. The summed E-state index contributed by atoms with van der Waals surface area (Å²) in [7, 11) is 0.311. The predicted molar refractivity (Wildman–Crippen MR) is 131 cm³/mol. The molecular weight excluding hydrogens is 372 g/mol. The van der Waals surface area contributed by atoms with E-state index in [0.29, 0.717) is 0 Å². The van der Waals surface area contributed by atoms with Crippen LogP contribution in [0, 0.1) is 0 Å². The molecule has 2 radical (unpaired) electrons. The van der Waals surface area contributed by atoms with Gasteiger partial charge in [-0.1, -0.05) is 73.3 Å². The van der Waals surface area contributed by atoms with Crippen molar-refractivity contribution in [3.8, 4) is 0 Å². The fraction of sp³-hybridized carbons (Fsp3) is 0.500. The van der Waals surface area contributed by atoms with E-state index in [4.69, 9.17) is 0 Å². The first-order chi connectivity index (χ1) is 13.9. The van der Waals surface area contributed by atoms with Gasteiger partial charge >= 0.3 is 0 Å². The standard InChI is InChI=1S/C24H32B2P2/c1-3-9-21(10-4-1)19-23-13-7-17-27(23)25-15-16-26-28-18-8-14-24(28)20-22-11-5-2-6-12-22/h1-6,9-12,23-24H,7-8,13-20H2/t23-,24-,27+,28+/m1/s1. The Labute approximate surface area is 176 Å². The van der Waals surface area contributed by atoms with Gasteiger partial charge in [0.15, 0.2) is 0 Å². The van der Waals surface area contributed by atoms with Gasteiger partial charge in [-0.3, -0.25) is 0 Å². The first kappa shape index (κ1) is 20.7. The topological polar surface area (TPSA) is 0 Å². The lowest BCUT2D eigenvalue weighted by molar-refractivity contribution is 0.774. The van der Waals surface area contributed by atoms with E-state index in [0.717, 1.165) is 11.3 Å². The molecule has 2 aliphatic rings. The third-order valence-electron chi connectivity index (χ3n) is 6.37. The van der Waals surface area contributed by atoms with Crippen LogP contribution in [0.3, 0.4) is 0 Å². The average molecular weight is 404 g/mol. The third kappa shape index (κ3) is 5.97. The van der Waals surface area contributed by atoms with Crippen molar-refractivity contribution in [1.29, 1.82) is 0 Å². The van der Waals surface area contributed by atoms with Gasteiger partial charge in [0.05, 0.1) is 0 Å². The van der Waals surface area contributed by atoms with Crippen molar-refractivity contribution in [2.75, 3.05) is 12.3 Å². The van der Waals surface area contributed by atoms with Crippen molar-refractivity contribution in [2.45, 2.75) is 62.5 Å². The van der Waals surface area contributed by atoms with Crippen molar-refractivity contribution in [3.63, 3.8) is 0 Å². The SMILES string of the molecule is [B](CC[B][P@@]1CCC[C@@H]1Cc1ccccc1)[P@@]1CCC[C@@H]1Cc1ccccc1. The Kier molecular flexibility index (Phi) is 8.12. The van der Waals surface area contributed by atoms with Gasteiger partial charge in [-0.05, 0) is 73.3 Å². The number of hydrogen-bond donors (Lipinski definition) is 0. The molecule has 2 heterocycles. The van der Waals surface area contributed by atoms with E-state index in [1.807, 2.05) is 0 Å². The van der Waals surface area contributed by atoms with E-state index in [2.05, 4.69) is 74.7 Å². The zero-order chi connectivity index (χ0) is 19.0. The summed E-state index contributed by atoms with van der Waals surface area (Å²) in [6.45, 7) is 5.51. The molecule has 0 saturated carbocycles. The van der Waals surface area contributed by atoms with Crippen molar-refractivity contribution < 1.29 is 0 Å². The van der Waals surface area contributed by atoms with Gasteiger partial charge in [0.2, 0.25) is 0 Å². The summed E-state index contributed by atoms with van der Waals surface area (Å²) < 4.78 is 0. The summed E-state index contributed by atoms with van der Waals surface area (Å²) >= 11 is 0. The smallest absolute Gasteiger partial charge is 0.145 e. The summed E-state index contributed by atoms with van der Waals surface area (Å²) in [6, 6.07) is 22.3. The lowest BCUT2D eigenvalue weighted by atomic mass is 9.88. The highest BCUT2D eigenvalue weighted by Crippen LogP contribution is 2.52. The highest BCUT2D eigenvalue weighted by atomic mass is 31.1. The quantitative estimate of drug-likeness (QED) is 0.244. The van der Waals surface area contributed by atoms with Crippen molar-refractivity contribution in [2.24, 2.45) is 0 Å². The Morgan fingerprint density at radius 1 is 0.643 bits per heavy atom. The first-order valence-corrected chi connectivity index (χ1v) is 14.5. The molecule has 0 aromatic heterocycles. The first-order valence-electron chi connectivity index (χ1n) is 11.1. The zero-order valence-electron chi connectivity index (χ0n) is 17.0. The fourth-order valence-electron chi connectivity index (χ4n) is 4.89. The molecule has 0 amide bonds. The molecule has 2 saturated heterocycles. The lowest BCUT2D eigenvalue weighted by Gasteiger charge is -2.22. The number of benzene rings is 2. The van der Waals surface area contributed by atoms with Crippen LogP contribution >= 0.6 is 15.6 Å². The van der Waals surface area contributed by atoms with Crippen LogP contribution in [0.2, 0.25) is 12.6 Å². The van der Waals surface area contributed by atoms with Crippen LogP contribution in [-0.2, 0) is 12.8 Å². The van der Waals surface area contributed by atoms with Gasteiger partial charge in [-0.2, -0.15) is 0 Å². The molecule has 4 atom stereocenters. The van der Waals surface area contributed by atoms with E-state index < -0.39 is 0 Å². The summed E-state index contributed by atoms with van der Waals surface area (Å²) in [5, 5.41) is 0. The molecule has 2 aromatic rings. The van der Waals surface area contributed by atoms with Gasteiger partial charge < -0.3 is 0 Å². The highest BCUT2D eigenvalue weighted by molar-refractivity contribution is 7.87. The van der Waals surface area contributed by atoms with Crippen molar-refractivity contribution in [3.05, 3.63) is 71.8 Å². The zero-order valence-corrected chi connectivity index (χ0v) is 18.8. The van der Waals surface area contributed by atoms with E-state index in [1.54, 1.807) is 11.1 Å². The van der Waals surface area contributed by atoms with Crippen LogP contribution in [0.15, 0.2) is 60.7 Å². The normalized spacial score (nSPS) is 27.0. The van der Waals surface area contributed by atoms with Crippen LogP contribution in [-0.4, -0.2) is 37.6 Å². The van der Waals surface area contributed by atoms with Crippen LogP contribution in [0.4, 0.5) is 0 Å². The van der Waals surface area contributed by atoms with Crippen molar-refractivity contribution in [1.82, 2.24) is 0 Å². The Bertz CT molecular complexity index is 633. The van der Waals surface area contributed by atoms with Crippen LogP contribution in [0.5, 0.6) is 0 Å². The maximum atomic E-state index is 2.75.